The van der Waals surface area contributed by atoms with Gasteiger partial charge in [0.15, 0.2) is 5.75 Å². The van der Waals surface area contributed by atoms with E-state index in [0.29, 0.717) is 19.0 Å². The van der Waals surface area contributed by atoms with Gasteiger partial charge in [0.1, 0.15) is 11.5 Å². The van der Waals surface area contributed by atoms with Crippen LogP contribution in [0.3, 0.4) is 0 Å². The maximum atomic E-state index is 13.0. The van der Waals surface area contributed by atoms with Gasteiger partial charge in [0, 0.05) is 25.4 Å². The third-order valence-corrected chi connectivity index (χ3v) is 4.89. The lowest BCUT2D eigenvalue weighted by atomic mass is 9.91. The zero-order chi connectivity index (χ0) is 18.5. The number of methoxy groups -OCH3 is 1. The molecule has 0 saturated carbocycles. The molecule has 1 aliphatic rings. The van der Waals surface area contributed by atoms with E-state index < -0.39 is 0 Å². The van der Waals surface area contributed by atoms with Crippen molar-refractivity contribution >= 4 is 5.91 Å². The fourth-order valence-corrected chi connectivity index (χ4v) is 3.42. The van der Waals surface area contributed by atoms with Gasteiger partial charge in [-0.3, -0.25) is 9.59 Å². The topological polar surface area (TPSA) is 62.4 Å². The number of amides is 1. The van der Waals surface area contributed by atoms with Crippen LogP contribution >= 0.6 is 0 Å². The van der Waals surface area contributed by atoms with Crippen molar-refractivity contribution in [1.29, 1.82) is 0 Å². The Morgan fingerprint density at radius 1 is 1.35 bits per heavy atom. The van der Waals surface area contributed by atoms with E-state index in [1.807, 2.05) is 12.1 Å². The number of hydrogen-bond acceptors (Lipinski definition) is 3. The number of aryl methyl sites for hydroxylation is 1. The highest BCUT2D eigenvalue weighted by Gasteiger charge is 2.25. The highest BCUT2D eigenvalue weighted by molar-refractivity contribution is 5.92. The smallest absolute Gasteiger partial charge is 0.270 e. The molecule has 1 atom stereocenters. The molecule has 2 aromatic rings. The van der Waals surface area contributed by atoms with Gasteiger partial charge in [-0.1, -0.05) is 12.1 Å². The molecule has 1 saturated heterocycles. The standard InChI is InChI=1S/C20H23FN2O3/c1-26-19-12-22-17(11-18(19)24)20(25)23-10-2-3-15(13-23)5-4-14-6-8-16(21)9-7-14/h6-9,11-12,15H,2-5,10,13H2,1H3,(H,22,24). The SMILES string of the molecule is COc1c[nH]c(C(=O)N2CCCC(CCc3ccc(F)cc3)C2)cc1=O. The highest BCUT2D eigenvalue weighted by atomic mass is 19.1. The monoisotopic (exact) mass is 358 g/mol. The first-order valence-electron chi connectivity index (χ1n) is 8.87. The van der Waals surface area contributed by atoms with E-state index >= 15 is 0 Å². The molecule has 1 aromatic heterocycles. The van der Waals surface area contributed by atoms with Crippen molar-refractivity contribution < 1.29 is 13.9 Å². The van der Waals surface area contributed by atoms with Crippen LogP contribution in [0.2, 0.25) is 0 Å². The molecule has 3 rings (SSSR count). The number of piperidine rings is 1. The molecule has 138 valence electrons. The summed E-state index contributed by atoms with van der Waals surface area (Å²) >= 11 is 0. The number of nitrogens with zero attached hydrogens (tertiary/aromatic N) is 1. The van der Waals surface area contributed by atoms with Gasteiger partial charge in [-0.15, -0.1) is 0 Å². The van der Waals surface area contributed by atoms with Crippen LogP contribution in [0.5, 0.6) is 5.75 Å². The third-order valence-electron chi connectivity index (χ3n) is 4.89. The molecule has 0 bridgehead atoms. The molecule has 0 radical (unpaired) electrons. The first-order chi connectivity index (χ1) is 12.6. The zero-order valence-electron chi connectivity index (χ0n) is 14.8. The molecular weight excluding hydrogens is 335 g/mol. The van der Waals surface area contributed by atoms with Gasteiger partial charge in [0.2, 0.25) is 5.43 Å². The zero-order valence-corrected chi connectivity index (χ0v) is 14.8. The van der Waals surface area contributed by atoms with Gasteiger partial charge >= 0.3 is 0 Å². The number of nitrogens with one attached hydrogen (secondary N) is 1. The van der Waals surface area contributed by atoms with Crippen molar-refractivity contribution in [2.75, 3.05) is 20.2 Å². The number of likely N-dealkylation sites (tertiary alicyclic amines) is 1. The summed E-state index contributed by atoms with van der Waals surface area (Å²) in [6.07, 6.45) is 5.26. The van der Waals surface area contributed by atoms with Crippen molar-refractivity contribution in [2.45, 2.75) is 25.7 Å². The highest BCUT2D eigenvalue weighted by Crippen LogP contribution is 2.23. The second kappa shape index (κ2) is 8.17. The van der Waals surface area contributed by atoms with Gasteiger partial charge in [0.25, 0.3) is 5.91 Å². The number of rotatable bonds is 5. The molecule has 0 aliphatic carbocycles. The molecule has 1 unspecified atom stereocenters. The summed E-state index contributed by atoms with van der Waals surface area (Å²) in [6.45, 7) is 1.37. The van der Waals surface area contributed by atoms with Crippen LogP contribution in [0.4, 0.5) is 4.39 Å². The van der Waals surface area contributed by atoms with Crippen LogP contribution in [0.15, 0.2) is 41.3 Å². The predicted octanol–water partition coefficient (Wildman–Crippen LogP) is 3.01. The number of pyridine rings is 1. The van der Waals surface area contributed by atoms with Crippen LogP contribution in [-0.2, 0) is 6.42 Å². The first-order valence-corrected chi connectivity index (χ1v) is 8.87. The number of benzene rings is 1. The minimum absolute atomic E-state index is 0.156. The maximum Gasteiger partial charge on any atom is 0.270 e. The molecule has 1 aromatic carbocycles. The summed E-state index contributed by atoms with van der Waals surface area (Å²) in [4.78, 5) is 29.2. The summed E-state index contributed by atoms with van der Waals surface area (Å²) in [5, 5.41) is 0. The first kappa shape index (κ1) is 18.2. The molecule has 1 N–H and O–H groups in total. The quantitative estimate of drug-likeness (QED) is 0.894. The minimum atomic E-state index is -0.306. The number of aromatic amines is 1. The molecule has 0 spiro atoms. The van der Waals surface area contributed by atoms with E-state index in [4.69, 9.17) is 4.74 Å². The van der Waals surface area contributed by atoms with Gasteiger partial charge in [-0.25, -0.2) is 4.39 Å². The lowest BCUT2D eigenvalue weighted by Crippen LogP contribution is -2.40. The molecule has 1 fully saturated rings. The second-order valence-corrected chi connectivity index (χ2v) is 6.70. The molecule has 6 heteroatoms. The van der Waals surface area contributed by atoms with Gasteiger partial charge < -0.3 is 14.6 Å². The molecular formula is C20H23FN2O3. The molecule has 1 amide bonds. The number of halogens is 1. The Morgan fingerprint density at radius 3 is 2.81 bits per heavy atom. The number of H-pyrrole nitrogens is 1. The fourth-order valence-electron chi connectivity index (χ4n) is 3.42. The van der Waals surface area contributed by atoms with Crippen LogP contribution in [-0.4, -0.2) is 36.0 Å². The summed E-state index contributed by atoms with van der Waals surface area (Å²) < 4.78 is 17.9. The predicted molar refractivity (Wildman–Crippen MR) is 97.0 cm³/mol. The lowest BCUT2D eigenvalue weighted by molar-refractivity contribution is 0.0662. The summed E-state index contributed by atoms with van der Waals surface area (Å²) in [5.41, 5.74) is 1.09. The maximum absolute atomic E-state index is 13.0. The molecule has 2 heterocycles. The van der Waals surface area contributed by atoms with Crippen LogP contribution in [0, 0.1) is 11.7 Å². The van der Waals surface area contributed by atoms with Gasteiger partial charge in [-0.2, -0.15) is 0 Å². The summed E-state index contributed by atoms with van der Waals surface area (Å²) in [7, 11) is 1.42. The Kier molecular flexibility index (Phi) is 5.71. The van der Waals surface area contributed by atoms with Crippen molar-refractivity contribution in [3.05, 3.63) is 63.8 Å². The Hall–Kier alpha value is -2.63. The minimum Gasteiger partial charge on any atom is -0.491 e. The Morgan fingerprint density at radius 2 is 2.12 bits per heavy atom. The van der Waals surface area contributed by atoms with Crippen molar-refractivity contribution in [3.63, 3.8) is 0 Å². The molecule has 5 nitrogen and oxygen atoms in total. The molecule has 1 aliphatic heterocycles. The van der Waals surface area contributed by atoms with E-state index in [0.717, 1.165) is 31.2 Å². The number of hydrogen-bond donors (Lipinski definition) is 1. The van der Waals surface area contributed by atoms with Crippen LogP contribution < -0.4 is 10.2 Å². The van der Waals surface area contributed by atoms with Crippen molar-refractivity contribution in [1.82, 2.24) is 9.88 Å². The number of ether oxygens (including phenoxy) is 1. The van der Waals surface area contributed by atoms with E-state index in [9.17, 15) is 14.0 Å². The fraction of sp³-hybridized carbons (Fsp3) is 0.400. The van der Waals surface area contributed by atoms with E-state index in [-0.39, 0.29) is 28.6 Å². The third kappa shape index (κ3) is 4.31. The van der Waals surface area contributed by atoms with E-state index in [2.05, 4.69) is 4.98 Å². The summed E-state index contributed by atoms with van der Waals surface area (Å²) in [5.74, 6) is 0.216. The van der Waals surface area contributed by atoms with Crippen molar-refractivity contribution in [3.8, 4) is 5.75 Å². The Bertz CT molecular complexity index is 817. The Balaban J connectivity index is 1.60. The normalized spacial score (nSPS) is 17.2. The Labute approximate surface area is 151 Å². The van der Waals surface area contributed by atoms with Crippen molar-refractivity contribution in [2.24, 2.45) is 5.92 Å². The van der Waals surface area contributed by atoms with Gasteiger partial charge in [0.05, 0.1) is 7.11 Å². The number of carbonyl (C=O) groups excluding carboxylic acids is 1. The van der Waals surface area contributed by atoms with E-state index in [1.54, 1.807) is 4.90 Å². The summed E-state index contributed by atoms with van der Waals surface area (Å²) in [6, 6.07) is 7.87. The average Bonchev–Trinajstić information content (AvgIpc) is 2.67. The second-order valence-electron chi connectivity index (χ2n) is 6.70. The lowest BCUT2D eigenvalue weighted by Gasteiger charge is -2.32. The number of carbonyl (C=O) groups is 1. The van der Waals surface area contributed by atoms with E-state index in [1.165, 1.54) is 31.5 Å². The number of aromatic nitrogens is 1. The molecule has 26 heavy (non-hydrogen) atoms. The van der Waals surface area contributed by atoms with Gasteiger partial charge in [-0.05, 0) is 49.3 Å². The van der Waals surface area contributed by atoms with Crippen LogP contribution in [0.1, 0.15) is 35.3 Å². The average molecular weight is 358 g/mol. The van der Waals surface area contributed by atoms with Crippen LogP contribution in [0.25, 0.3) is 0 Å². The largest absolute Gasteiger partial charge is 0.491 e.